The Morgan fingerprint density at radius 2 is 1.90 bits per heavy atom. The molecule has 0 atom stereocenters. The molecule has 110 valence electrons. The van der Waals surface area contributed by atoms with Crippen molar-refractivity contribution in [1.82, 2.24) is 4.98 Å². The summed E-state index contributed by atoms with van der Waals surface area (Å²) in [6.45, 7) is 0. The molecular formula is C12H9Cl2N3O3S. The highest BCUT2D eigenvalue weighted by Crippen LogP contribution is 2.25. The first kappa shape index (κ1) is 15.6. The van der Waals surface area contributed by atoms with Gasteiger partial charge in [0.15, 0.2) is 0 Å². The number of carbonyl (C=O) groups is 1. The van der Waals surface area contributed by atoms with Crippen molar-refractivity contribution in [1.29, 1.82) is 0 Å². The second-order valence-corrected chi connectivity index (χ2v) is 6.46. The van der Waals surface area contributed by atoms with Crippen molar-refractivity contribution >= 4 is 44.8 Å². The fourth-order valence-electron chi connectivity index (χ4n) is 1.48. The molecule has 21 heavy (non-hydrogen) atoms. The van der Waals surface area contributed by atoms with Gasteiger partial charge in [0.2, 0.25) is 5.91 Å². The van der Waals surface area contributed by atoms with Crippen LogP contribution in [0.3, 0.4) is 0 Å². The van der Waals surface area contributed by atoms with Crippen LogP contribution < -0.4 is 10.5 Å². The van der Waals surface area contributed by atoms with E-state index in [1.807, 2.05) is 0 Å². The Hall–Kier alpha value is -1.83. The zero-order valence-corrected chi connectivity index (χ0v) is 12.7. The Balaban J connectivity index is 2.38. The molecule has 1 heterocycles. The zero-order chi connectivity index (χ0) is 15.6. The summed E-state index contributed by atoms with van der Waals surface area (Å²) in [5.41, 5.74) is 5.32. The average molecular weight is 346 g/mol. The summed E-state index contributed by atoms with van der Waals surface area (Å²) in [5.74, 6) is -0.694. The summed E-state index contributed by atoms with van der Waals surface area (Å²) >= 11 is 11.5. The van der Waals surface area contributed by atoms with Crippen molar-refractivity contribution in [2.45, 2.75) is 4.90 Å². The molecule has 0 unspecified atom stereocenters. The molecule has 0 fully saturated rings. The number of aromatic nitrogens is 1. The van der Waals surface area contributed by atoms with E-state index in [0.717, 1.165) is 6.20 Å². The van der Waals surface area contributed by atoms with E-state index in [1.54, 1.807) is 0 Å². The number of pyridine rings is 1. The summed E-state index contributed by atoms with van der Waals surface area (Å²) in [5, 5.41) is 0.299. The molecule has 2 aromatic rings. The van der Waals surface area contributed by atoms with Gasteiger partial charge in [0, 0.05) is 11.8 Å². The van der Waals surface area contributed by atoms with Crippen molar-refractivity contribution in [3.8, 4) is 0 Å². The van der Waals surface area contributed by atoms with E-state index in [0.29, 0.717) is 0 Å². The fourth-order valence-corrected chi connectivity index (χ4v) is 2.83. The topological polar surface area (TPSA) is 102 Å². The Labute approximate surface area is 130 Å². The van der Waals surface area contributed by atoms with Crippen molar-refractivity contribution in [2.24, 2.45) is 5.73 Å². The average Bonchev–Trinajstić information content (AvgIpc) is 2.41. The summed E-state index contributed by atoms with van der Waals surface area (Å²) in [6.07, 6.45) is 1.11. The number of halogens is 2. The van der Waals surface area contributed by atoms with E-state index in [-0.39, 0.29) is 26.3 Å². The molecule has 0 bridgehead atoms. The van der Waals surface area contributed by atoms with Crippen LogP contribution in [0.5, 0.6) is 0 Å². The van der Waals surface area contributed by atoms with Gasteiger partial charge in [-0.3, -0.25) is 9.52 Å². The summed E-state index contributed by atoms with van der Waals surface area (Å²) < 4.78 is 26.6. The SMILES string of the molecule is NC(=O)c1ccc(Cl)c(NS(=O)(=O)c2ccc(Cl)nc2)c1. The van der Waals surface area contributed by atoms with E-state index >= 15 is 0 Å². The number of nitrogens with zero attached hydrogens (tertiary/aromatic N) is 1. The predicted molar refractivity (Wildman–Crippen MR) is 80.0 cm³/mol. The monoisotopic (exact) mass is 345 g/mol. The van der Waals surface area contributed by atoms with Gasteiger partial charge in [-0.15, -0.1) is 0 Å². The smallest absolute Gasteiger partial charge is 0.263 e. The van der Waals surface area contributed by atoms with Gasteiger partial charge in [-0.25, -0.2) is 13.4 Å². The van der Waals surface area contributed by atoms with Gasteiger partial charge in [-0.2, -0.15) is 0 Å². The third kappa shape index (κ3) is 3.63. The number of nitrogens with two attached hydrogens (primary N) is 1. The lowest BCUT2D eigenvalue weighted by Crippen LogP contribution is -2.15. The second kappa shape index (κ2) is 5.88. The van der Waals surface area contributed by atoms with Gasteiger partial charge >= 0.3 is 0 Å². The number of hydrogen-bond acceptors (Lipinski definition) is 4. The minimum Gasteiger partial charge on any atom is -0.366 e. The van der Waals surface area contributed by atoms with Gasteiger partial charge < -0.3 is 5.73 Å². The van der Waals surface area contributed by atoms with Crippen molar-refractivity contribution in [3.05, 3.63) is 52.3 Å². The molecule has 0 saturated heterocycles. The lowest BCUT2D eigenvalue weighted by molar-refractivity contribution is 0.100. The Bertz CT molecular complexity index is 792. The molecule has 0 aliphatic rings. The van der Waals surface area contributed by atoms with Crippen LogP contribution in [0.15, 0.2) is 41.4 Å². The van der Waals surface area contributed by atoms with E-state index in [2.05, 4.69) is 9.71 Å². The molecular weight excluding hydrogens is 337 g/mol. The Kier molecular flexibility index (Phi) is 4.36. The van der Waals surface area contributed by atoms with Crippen LogP contribution in [-0.2, 0) is 10.0 Å². The maximum atomic E-state index is 12.2. The lowest BCUT2D eigenvalue weighted by Gasteiger charge is -2.10. The number of benzene rings is 1. The first-order valence-corrected chi connectivity index (χ1v) is 7.77. The highest BCUT2D eigenvalue weighted by molar-refractivity contribution is 7.92. The second-order valence-electron chi connectivity index (χ2n) is 3.98. The van der Waals surface area contributed by atoms with Crippen LogP contribution in [-0.4, -0.2) is 19.3 Å². The molecule has 0 radical (unpaired) electrons. The normalized spacial score (nSPS) is 11.1. The maximum Gasteiger partial charge on any atom is 0.263 e. The van der Waals surface area contributed by atoms with Gasteiger partial charge in [0.25, 0.3) is 10.0 Å². The number of carbonyl (C=O) groups excluding carboxylic acids is 1. The van der Waals surface area contributed by atoms with E-state index in [1.165, 1.54) is 30.3 Å². The quantitative estimate of drug-likeness (QED) is 0.829. The molecule has 1 amide bonds. The van der Waals surface area contributed by atoms with Crippen molar-refractivity contribution in [2.75, 3.05) is 4.72 Å². The molecule has 0 spiro atoms. The number of rotatable bonds is 4. The van der Waals surface area contributed by atoms with Crippen LogP contribution in [0.4, 0.5) is 5.69 Å². The van der Waals surface area contributed by atoms with E-state index in [9.17, 15) is 13.2 Å². The molecule has 6 nitrogen and oxygen atoms in total. The fraction of sp³-hybridized carbons (Fsp3) is 0. The van der Waals surface area contributed by atoms with Gasteiger partial charge in [0.05, 0.1) is 10.7 Å². The number of nitrogens with one attached hydrogen (secondary N) is 1. The first-order valence-electron chi connectivity index (χ1n) is 5.53. The van der Waals surface area contributed by atoms with Crippen molar-refractivity contribution in [3.63, 3.8) is 0 Å². The standard InChI is InChI=1S/C12H9Cl2N3O3S/c13-9-3-1-7(12(15)18)5-10(9)17-21(19,20)8-2-4-11(14)16-6-8/h1-6,17H,(H2,15,18). The zero-order valence-electron chi connectivity index (χ0n) is 10.4. The minimum atomic E-state index is -3.90. The molecule has 2 rings (SSSR count). The number of amides is 1. The minimum absolute atomic E-state index is 0.0444. The van der Waals surface area contributed by atoms with Crippen molar-refractivity contribution < 1.29 is 13.2 Å². The molecule has 9 heteroatoms. The van der Waals surface area contributed by atoms with Crippen LogP contribution >= 0.6 is 23.2 Å². The summed E-state index contributed by atoms with van der Waals surface area (Å²) in [6, 6.07) is 6.67. The Morgan fingerprint density at radius 1 is 1.19 bits per heavy atom. The summed E-state index contributed by atoms with van der Waals surface area (Å²) in [4.78, 5) is 14.7. The highest BCUT2D eigenvalue weighted by atomic mass is 35.5. The van der Waals surface area contributed by atoms with Gasteiger partial charge in [-0.05, 0) is 30.3 Å². The number of anilines is 1. The first-order chi connectivity index (χ1) is 9.79. The molecule has 0 aliphatic heterocycles. The predicted octanol–water partition coefficient (Wildman–Crippen LogP) is 2.29. The third-order valence-corrected chi connectivity index (χ3v) is 4.41. The molecule has 0 saturated carbocycles. The number of primary amides is 1. The third-order valence-electron chi connectivity index (χ3n) is 2.51. The maximum absolute atomic E-state index is 12.2. The van der Waals surface area contributed by atoms with E-state index < -0.39 is 15.9 Å². The number of hydrogen-bond donors (Lipinski definition) is 2. The molecule has 1 aromatic carbocycles. The molecule has 1 aromatic heterocycles. The van der Waals surface area contributed by atoms with Crippen LogP contribution in [0.1, 0.15) is 10.4 Å². The number of sulfonamides is 1. The van der Waals surface area contributed by atoms with Crippen LogP contribution in [0.2, 0.25) is 10.2 Å². The molecule has 0 aliphatic carbocycles. The Morgan fingerprint density at radius 3 is 2.48 bits per heavy atom. The van der Waals surface area contributed by atoms with Gasteiger partial charge in [0.1, 0.15) is 10.0 Å². The van der Waals surface area contributed by atoms with Crippen LogP contribution in [0.25, 0.3) is 0 Å². The van der Waals surface area contributed by atoms with E-state index in [4.69, 9.17) is 28.9 Å². The lowest BCUT2D eigenvalue weighted by atomic mass is 10.2. The van der Waals surface area contributed by atoms with Crippen LogP contribution in [0, 0.1) is 0 Å². The highest BCUT2D eigenvalue weighted by Gasteiger charge is 2.17. The molecule has 3 N–H and O–H groups in total. The summed E-state index contributed by atoms with van der Waals surface area (Å²) in [7, 11) is -3.90. The largest absolute Gasteiger partial charge is 0.366 e. The van der Waals surface area contributed by atoms with Gasteiger partial charge in [-0.1, -0.05) is 23.2 Å².